The second kappa shape index (κ2) is 5.55. The van der Waals surface area contributed by atoms with E-state index >= 15 is 0 Å². The Balaban J connectivity index is 1.55. The van der Waals surface area contributed by atoms with Gasteiger partial charge in [0.05, 0.1) is 26.6 Å². The maximum atomic E-state index is 11.9. The van der Waals surface area contributed by atoms with Crippen LogP contribution in [0.1, 0.15) is 19.3 Å². The number of carbonyl (C=O) groups excluding carboxylic acids is 1. The fraction of sp³-hybridized carbons (Fsp3) is 0.786. The number of piperidine rings is 1. The predicted molar refractivity (Wildman–Crippen MR) is 78.0 cm³/mol. The van der Waals surface area contributed by atoms with Crippen molar-refractivity contribution in [1.29, 1.82) is 0 Å². The lowest BCUT2D eigenvalue weighted by molar-refractivity contribution is -0.170. The van der Waals surface area contributed by atoms with Crippen molar-refractivity contribution in [2.45, 2.75) is 30.5 Å². The molecule has 3 rings (SSSR count). The molecule has 2 saturated heterocycles. The molecule has 3 aliphatic heterocycles. The number of amidine groups is 1. The van der Waals surface area contributed by atoms with Gasteiger partial charge in [0, 0.05) is 33.0 Å². The van der Waals surface area contributed by atoms with Gasteiger partial charge in [-0.3, -0.25) is 4.90 Å². The number of likely N-dealkylation sites (tertiary alicyclic amines) is 2. The second-order valence-corrected chi connectivity index (χ2v) is 6.27. The van der Waals surface area contributed by atoms with Crippen LogP contribution in [0.2, 0.25) is 0 Å². The molecule has 1 amide bonds. The Morgan fingerprint density at radius 1 is 1.26 bits per heavy atom. The van der Waals surface area contributed by atoms with E-state index in [1.807, 2.05) is 0 Å². The van der Waals surface area contributed by atoms with Crippen LogP contribution in [0.15, 0.2) is 5.16 Å². The number of ether oxygens (including phenoxy) is 2. The van der Waals surface area contributed by atoms with Gasteiger partial charge in [-0.15, -0.1) is 0 Å². The lowest BCUT2D eigenvalue weighted by Crippen LogP contribution is -2.63. The van der Waals surface area contributed by atoms with Crippen molar-refractivity contribution in [3.8, 4) is 0 Å². The smallest absolute Gasteiger partial charge is 0.407 e. The Hall–Kier alpha value is -2.03. The van der Waals surface area contributed by atoms with Gasteiger partial charge in [0.25, 0.3) is 0 Å². The molecule has 0 unspecified atom stereocenters. The molecule has 0 atom stereocenters. The van der Waals surface area contributed by atoms with Crippen molar-refractivity contribution in [2.75, 3.05) is 40.4 Å². The molecule has 2 fully saturated rings. The van der Waals surface area contributed by atoms with Crippen molar-refractivity contribution in [2.24, 2.45) is 5.16 Å². The Bertz CT molecular complexity index is 535. The van der Waals surface area contributed by atoms with Gasteiger partial charge < -0.3 is 24.3 Å². The molecule has 9 nitrogen and oxygen atoms in total. The Morgan fingerprint density at radius 3 is 2.43 bits per heavy atom. The largest absolute Gasteiger partial charge is 0.467 e. The molecule has 0 bridgehead atoms. The van der Waals surface area contributed by atoms with Crippen LogP contribution in [-0.4, -0.2) is 84.4 Å². The number of methoxy groups -OCH3 is 2. The first-order chi connectivity index (χ1) is 10.9. The average Bonchev–Trinajstić information content (AvgIpc) is 2.98. The molecular weight excluding hydrogens is 306 g/mol. The van der Waals surface area contributed by atoms with Crippen molar-refractivity contribution in [3.05, 3.63) is 0 Å². The summed E-state index contributed by atoms with van der Waals surface area (Å²) in [5, 5.41) is 13.0. The fourth-order valence-corrected chi connectivity index (χ4v) is 3.43. The zero-order chi connectivity index (χ0) is 16.7. The van der Waals surface area contributed by atoms with Crippen LogP contribution < -0.4 is 0 Å². The first-order valence-electron chi connectivity index (χ1n) is 7.55. The quantitative estimate of drug-likeness (QED) is 0.718. The van der Waals surface area contributed by atoms with E-state index < -0.39 is 17.3 Å². The van der Waals surface area contributed by atoms with Crippen molar-refractivity contribution in [1.82, 2.24) is 9.80 Å². The summed E-state index contributed by atoms with van der Waals surface area (Å²) >= 11 is 0. The van der Waals surface area contributed by atoms with Crippen molar-refractivity contribution in [3.63, 3.8) is 0 Å². The minimum Gasteiger partial charge on any atom is -0.467 e. The Morgan fingerprint density at radius 2 is 1.91 bits per heavy atom. The monoisotopic (exact) mass is 327 g/mol. The number of oxime groups is 1. The molecule has 0 aliphatic carbocycles. The van der Waals surface area contributed by atoms with E-state index in [4.69, 9.17) is 19.4 Å². The third-order valence-corrected chi connectivity index (χ3v) is 4.94. The van der Waals surface area contributed by atoms with E-state index in [9.17, 15) is 9.59 Å². The zero-order valence-electron chi connectivity index (χ0n) is 13.3. The predicted octanol–water partition coefficient (Wildman–Crippen LogP) is 0.107. The van der Waals surface area contributed by atoms with Crippen LogP contribution in [0.5, 0.6) is 0 Å². The first-order valence-corrected chi connectivity index (χ1v) is 7.55. The first kappa shape index (κ1) is 15.9. The number of rotatable bonds is 2. The van der Waals surface area contributed by atoms with Gasteiger partial charge >= 0.3 is 12.1 Å². The molecule has 0 radical (unpaired) electrons. The van der Waals surface area contributed by atoms with Gasteiger partial charge in [-0.05, 0) is 0 Å². The minimum atomic E-state index is -0.936. The summed E-state index contributed by atoms with van der Waals surface area (Å²) in [4.78, 5) is 31.7. The maximum Gasteiger partial charge on any atom is 0.407 e. The lowest BCUT2D eigenvalue weighted by atomic mass is 9.88. The lowest BCUT2D eigenvalue weighted by Gasteiger charge is -2.44. The molecule has 0 aromatic carbocycles. The van der Waals surface area contributed by atoms with Crippen LogP contribution in [0.4, 0.5) is 4.79 Å². The molecule has 0 aromatic heterocycles. The topological polar surface area (TPSA) is 101 Å². The molecule has 0 saturated carbocycles. The van der Waals surface area contributed by atoms with E-state index in [1.165, 1.54) is 19.1 Å². The molecule has 3 aliphatic rings. The van der Waals surface area contributed by atoms with Crippen molar-refractivity contribution >= 4 is 17.9 Å². The van der Waals surface area contributed by atoms with E-state index in [0.717, 1.165) is 5.84 Å². The summed E-state index contributed by atoms with van der Waals surface area (Å²) in [6.07, 6.45) is 0.690. The number of hydrogen-bond acceptors (Lipinski definition) is 7. The molecule has 3 heterocycles. The molecular formula is C14H21N3O6. The number of hydrogen-bond donors (Lipinski definition) is 1. The summed E-state index contributed by atoms with van der Waals surface area (Å²) in [6, 6.07) is 0. The van der Waals surface area contributed by atoms with Crippen LogP contribution in [0.3, 0.4) is 0 Å². The highest BCUT2D eigenvalue weighted by Gasteiger charge is 2.53. The van der Waals surface area contributed by atoms with Gasteiger partial charge in [-0.2, -0.15) is 0 Å². The molecule has 23 heavy (non-hydrogen) atoms. The van der Waals surface area contributed by atoms with E-state index in [-0.39, 0.29) is 5.97 Å². The van der Waals surface area contributed by atoms with Gasteiger partial charge in [-0.1, -0.05) is 5.16 Å². The van der Waals surface area contributed by atoms with Crippen LogP contribution >= 0.6 is 0 Å². The number of esters is 1. The highest BCUT2D eigenvalue weighted by atomic mass is 16.7. The average molecular weight is 327 g/mol. The number of carbonyl (C=O) groups is 2. The SMILES string of the molecule is COC(=O)C1(OC)CCN(C2=NOC3(C2)CN(C(=O)O)C3)CC1. The molecule has 9 heteroatoms. The van der Waals surface area contributed by atoms with Gasteiger partial charge in [0.2, 0.25) is 0 Å². The Labute approximate surface area is 133 Å². The highest BCUT2D eigenvalue weighted by Crippen LogP contribution is 2.36. The van der Waals surface area contributed by atoms with E-state index in [2.05, 4.69) is 10.1 Å². The van der Waals surface area contributed by atoms with Crippen LogP contribution in [0, 0.1) is 0 Å². The summed E-state index contributed by atoms with van der Waals surface area (Å²) in [5.74, 6) is 0.460. The van der Waals surface area contributed by atoms with Gasteiger partial charge in [-0.25, -0.2) is 9.59 Å². The number of nitrogens with zero attached hydrogens (tertiary/aromatic N) is 3. The minimum absolute atomic E-state index is 0.341. The zero-order valence-corrected chi connectivity index (χ0v) is 13.3. The maximum absolute atomic E-state index is 11.9. The summed E-state index contributed by atoms with van der Waals surface area (Å²) in [6.45, 7) is 1.91. The normalized spacial score (nSPS) is 24.7. The van der Waals surface area contributed by atoms with Gasteiger partial charge in [0.1, 0.15) is 5.84 Å². The summed E-state index contributed by atoms with van der Waals surface area (Å²) < 4.78 is 10.3. The number of carboxylic acid groups (broad SMARTS) is 1. The molecule has 1 N–H and O–H groups in total. The second-order valence-electron chi connectivity index (χ2n) is 6.27. The van der Waals surface area contributed by atoms with Crippen molar-refractivity contribution < 1.29 is 29.0 Å². The van der Waals surface area contributed by atoms with E-state index in [1.54, 1.807) is 0 Å². The third kappa shape index (κ3) is 2.58. The molecule has 1 spiro atoms. The molecule has 128 valence electrons. The Kier molecular flexibility index (Phi) is 3.83. The highest BCUT2D eigenvalue weighted by molar-refractivity contribution is 5.86. The number of amides is 1. The molecule has 0 aromatic rings. The fourth-order valence-electron chi connectivity index (χ4n) is 3.43. The van der Waals surface area contributed by atoms with Gasteiger partial charge in [0.15, 0.2) is 11.2 Å². The summed E-state index contributed by atoms with van der Waals surface area (Å²) in [7, 11) is 2.88. The third-order valence-electron chi connectivity index (χ3n) is 4.94. The van der Waals surface area contributed by atoms with Crippen LogP contribution in [0.25, 0.3) is 0 Å². The van der Waals surface area contributed by atoms with Crippen LogP contribution in [-0.2, 0) is 19.1 Å². The van der Waals surface area contributed by atoms with E-state index in [0.29, 0.717) is 45.4 Å². The standard InChI is InChI=1S/C14H21N3O6/c1-21-11(18)14(22-2)3-5-16(6-4-14)10-7-13(23-15-10)8-17(9-13)12(19)20/h3-9H2,1-2H3,(H,19,20). The summed E-state index contributed by atoms with van der Waals surface area (Å²) in [5.41, 5.74) is -1.40.